The summed E-state index contributed by atoms with van der Waals surface area (Å²) in [6.45, 7) is 0.0927. The molecule has 2 aromatic carbocycles. The van der Waals surface area contributed by atoms with Crippen LogP contribution in [0.2, 0.25) is 0 Å². The summed E-state index contributed by atoms with van der Waals surface area (Å²) in [6, 6.07) is 14.2. The Morgan fingerprint density at radius 3 is 2.69 bits per heavy atom. The van der Waals surface area contributed by atoms with Gasteiger partial charge in [0.1, 0.15) is 0 Å². The molecule has 0 saturated carbocycles. The number of rotatable bonds is 1. The van der Waals surface area contributed by atoms with Gasteiger partial charge >= 0.3 is 0 Å². The monoisotopic (exact) mass is 229 g/mol. The second kappa shape index (κ2) is 3.85. The molecule has 3 heteroatoms. The Hall–Kier alpha value is -1.45. The van der Waals surface area contributed by atoms with Crippen LogP contribution in [0.1, 0.15) is 5.56 Å². The van der Waals surface area contributed by atoms with Gasteiger partial charge in [0.05, 0.1) is 18.0 Å². The number of hydrogen-bond acceptors (Lipinski definition) is 3. The molecule has 0 unspecified atom stereocenters. The lowest BCUT2D eigenvalue weighted by atomic mass is 10.2. The number of para-hydroxylation sites is 1. The van der Waals surface area contributed by atoms with E-state index in [1.807, 2.05) is 30.3 Å². The van der Waals surface area contributed by atoms with Crippen LogP contribution in [0.3, 0.4) is 0 Å². The lowest BCUT2D eigenvalue weighted by Gasteiger charge is -2.20. The van der Waals surface area contributed by atoms with Crippen LogP contribution < -0.4 is 5.32 Å². The minimum absolute atomic E-state index is 0.0927. The number of aliphatic hydroxyl groups excluding tert-OH is 1. The van der Waals surface area contributed by atoms with Crippen LogP contribution in [0, 0.1) is 0 Å². The predicted molar refractivity (Wildman–Crippen MR) is 66.2 cm³/mol. The summed E-state index contributed by atoms with van der Waals surface area (Å²) in [4.78, 5) is 2.40. The van der Waals surface area contributed by atoms with Crippen molar-refractivity contribution >= 4 is 23.1 Å². The zero-order valence-electron chi connectivity index (χ0n) is 8.60. The van der Waals surface area contributed by atoms with Crippen molar-refractivity contribution in [2.75, 3.05) is 5.32 Å². The number of benzene rings is 2. The van der Waals surface area contributed by atoms with Gasteiger partial charge in [0.2, 0.25) is 0 Å². The minimum Gasteiger partial charge on any atom is -0.392 e. The Kier molecular flexibility index (Phi) is 2.35. The molecule has 0 atom stereocenters. The molecule has 0 saturated heterocycles. The van der Waals surface area contributed by atoms with E-state index < -0.39 is 0 Å². The van der Waals surface area contributed by atoms with E-state index in [2.05, 4.69) is 17.4 Å². The first kappa shape index (κ1) is 9.75. The first-order valence-electron chi connectivity index (χ1n) is 5.14. The highest BCUT2D eigenvalue weighted by molar-refractivity contribution is 7.99. The lowest BCUT2D eigenvalue weighted by molar-refractivity contribution is 0.281. The van der Waals surface area contributed by atoms with E-state index in [1.54, 1.807) is 11.8 Å². The third-order valence-corrected chi connectivity index (χ3v) is 3.74. The highest BCUT2D eigenvalue weighted by Gasteiger charge is 2.14. The summed E-state index contributed by atoms with van der Waals surface area (Å²) < 4.78 is 0. The highest BCUT2D eigenvalue weighted by Crippen LogP contribution is 2.44. The Balaban J connectivity index is 2.05. The van der Waals surface area contributed by atoms with E-state index >= 15 is 0 Å². The fraction of sp³-hybridized carbons (Fsp3) is 0.0769. The quantitative estimate of drug-likeness (QED) is 0.671. The van der Waals surface area contributed by atoms with E-state index in [4.69, 9.17) is 5.11 Å². The van der Waals surface area contributed by atoms with E-state index in [-0.39, 0.29) is 6.61 Å². The Bertz CT molecular complexity index is 539. The van der Waals surface area contributed by atoms with Crippen molar-refractivity contribution in [2.45, 2.75) is 16.4 Å². The Morgan fingerprint density at radius 1 is 1.00 bits per heavy atom. The molecular formula is C13H11NOS. The van der Waals surface area contributed by atoms with Crippen LogP contribution >= 0.6 is 11.8 Å². The van der Waals surface area contributed by atoms with Gasteiger partial charge in [-0.25, -0.2) is 0 Å². The average Bonchev–Trinajstić information content (AvgIpc) is 2.35. The largest absolute Gasteiger partial charge is 0.392 e. The van der Waals surface area contributed by atoms with Gasteiger partial charge in [-0.05, 0) is 29.8 Å². The maximum atomic E-state index is 9.10. The second-order valence-corrected chi connectivity index (χ2v) is 4.80. The number of nitrogens with one attached hydrogen (secondary N) is 1. The minimum atomic E-state index is 0.0927. The topological polar surface area (TPSA) is 32.3 Å². The van der Waals surface area contributed by atoms with Gasteiger partial charge in [0.15, 0.2) is 0 Å². The SMILES string of the molecule is OCc1ccc2c(c1)Sc1ccccc1N2. The van der Waals surface area contributed by atoms with Crippen LogP contribution in [0.4, 0.5) is 11.4 Å². The van der Waals surface area contributed by atoms with Gasteiger partial charge in [-0.2, -0.15) is 0 Å². The molecule has 1 aliphatic heterocycles. The van der Waals surface area contributed by atoms with Crippen molar-refractivity contribution in [1.29, 1.82) is 0 Å². The molecule has 0 radical (unpaired) electrons. The zero-order valence-corrected chi connectivity index (χ0v) is 9.42. The molecule has 0 fully saturated rings. The van der Waals surface area contributed by atoms with Gasteiger partial charge in [0.25, 0.3) is 0 Å². The first-order valence-corrected chi connectivity index (χ1v) is 5.96. The molecule has 1 aliphatic rings. The van der Waals surface area contributed by atoms with Gasteiger partial charge in [-0.1, -0.05) is 30.0 Å². The molecule has 0 spiro atoms. The van der Waals surface area contributed by atoms with Crippen molar-refractivity contribution < 1.29 is 5.11 Å². The van der Waals surface area contributed by atoms with Crippen molar-refractivity contribution in [3.05, 3.63) is 48.0 Å². The third-order valence-electron chi connectivity index (χ3n) is 2.60. The van der Waals surface area contributed by atoms with Crippen LogP contribution in [0.15, 0.2) is 52.3 Å². The summed E-state index contributed by atoms with van der Waals surface area (Å²) in [5.74, 6) is 0. The molecule has 1 heterocycles. The maximum Gasteiger partial charge on any atom is 0.0682 e. The normalized spacial score (nSPS) is 12.6. The first-order chi connectivity index (χ1) is 7.86. The summed E-state index contributed by atoms with van der Waals surface area (Å²) in [5, 5.41) is 12.5. The molecule has 2 nitrogen and oxygen atoms in total. The molecular weight excluding hydrogens is 218 g/mol. The highest BCUT2D eigenvalue weighted by atomic mass is 32.2. The molecule has 2 aromatic rings. The number of aliphatic hydroxyl groups is 1. The molecule has 3 rings (SSSR count). The molecule has 0 amide bonds. The summed E-state index contributed by atoms with van der Waals surface area (Å²) >= 11 is 1.74. The van der Waals surface area contributed by atoms with Gasteiger partial charge in [0, 0.05) is 9.79 Å². The van der Waals surface area contributed by atoms with E-state index in [9.17, 15) is 0 Å². The summed E-state index contributed by atoms with van der Waals surface area (Å²) in [5.41, 5.74) is 3.21. The molecule has 0 bridgehead atoms. The van der Waals surface area contributed by atoms with Crippen LogP contribution in [-0.4, -0.2) is 5.11 Å². The number of hydrogen-bond donors (Lipinski definition) is 2. The van der Waals surface area contributed by atoms with Gasteiger partial charge in [-0.15, -0.1) is 0 Å². The molecule has 0 aliphatic carbocycles. The van der Waals surface area contributed by atoms with Gasteiger partial charge < -0.3 is 10.4 Å². The molecule has 80 valence electrons. The van der Waals surface area contributed by atoms with Crippen molar-refractivity contribution in [3.8, 4) is 0 Å². The molecule has 16 heavy (non-hydrogen) atoms. The van der Waals surface area contributed by atoms with Crippen molar-refractivity contribution in [3.63, 3.8) is 0 Å². The number of anilines is 2. The standard InChI is InChI=1S/C13H11NOS/c15-8-9-5-6-11-13(7-9)16-12-4-2-1-3-10(12)14-11/h1-7,14-15H,8H2. The molecule has 0 aromatic heterocycles. The molecule has 2 N–H and O–H groups in total. The number of fused-ring (bicyclic) bond motifs is 2. The third kappa shape index (κ3) is 1.58. The average molecular weight is 229 g/mol. The maximum absolute atomic E-state index is 9.10. The summed E-state index contributed by atoms with van der Waals surface area (Å²) in [6.07, 6.45) is 0. The lowest BCUT2D eigenvalue weighted by Crippen LogP contribution is -2.00. The zero-order chi connectivity index (χ0) is 11.0. The smallest absolute Gasteiger partial charge is 0.0682 e. The van der Waals surface area contributed by atoms with Crippen molar-refractivity contribution in [1.82, 2.24) is 0 Å². The van der Waals surface area contributed by atoms with Gasteiger partial charge in [-0.3, -0.25) is 0 Å². The van der Waals surface area contributed by atoms with E-state index in [0.717, 1.165) is 16.9 Å². The van der Waals surface area contributed by atoms with Crippen LogP contribution in [-0.2, 0) is 6.61 Å². The fourth-order valence-electron chi connectivity index (χ4n) is 1.78. The van der Waals surface area contributed by atoms with E-state index in [1.165, 1.54) is 9.79 Å². The Labute approximate surface area is 98.3 Å². The predicted octanol–water partition coefficient (Wildman–Crippen LogP) is 3.39. The van der Waals surface area contributed by atoms with Crippen LogP contribution in [0.25, 0.3) is 0 Å². The van der Waals surface area contributed by atoms with E-state index in [0.29, 0.717) is 0 Å². The fourth-order valence-corrected chi connectivity index (χ4v) is 2.83. The van der Waals surface area contributed by atoms with Crippen LogP contribution in [0.5, 0.6) is 0 Å². The summed E-state index contributed by atoms with van der Waals surface area (Å²) in [7, 11) is 0. The Morgan fingerprint density at radius 2 is 1.81 bits per heavy atom. The second-order valence-electron chi connectivity index (χ2n) is 3.71. The van der Waals surface area contributed by atoms with Crippen molar-refractivity contribution in [2.24, 2.45) is 0 Å².